The summed E-state index contributed by atoms with van der Waals surface area (Å²) in [6.07, 6.45) is 0. The van der Waals surface area contributed by atoms with Crippen LogP contribution in [-0.4, -0.2) is 6.71 Å². The Labute approximate surface area is 320 Å². The monoisotopic (exact) mass is 695 g/mol. The second-order valence-electron chi connectivity index (χ2n) is 15.9. The fourth-order valence-electron chi connectivity index (χ4n) is 9.73. The molecule has 0 fully saturated rings. The van der Waals surface area contributed by atoms with Crippen molar-refractivity contribution in [2.24, 2.45) is 0 Å². The lowest BCUT2D eigenvalue weighted by molar-refractivity contribution is 1.28. The van der Waals surface area contributed by atoms with E-state index < -0.39 is 0 Å². The van der Waals surface area contributed by atoms with Crippen LogP contribution in [-0.2, 0) is 0 Å². The van der Waals surface area contributed by atoms with Gasteiger partial charge in [0, 0.05) is 16.8 Å². The van der Waals surface area contributed by atoms with Crippen molar-refractivity contribution in [2.75, 3.05) is 4.90 Å². The third kappa shape index (κ3) is 5.39. The number of rotatable bonds is 6. The molecule has 1 nitrogen and oxygen atoms in total. The van der Waals surface area contributed by atoms with Crippen LogP contribution in [0.5, 0.6) is 0 Å². The minimum Gasteiger partial charge on any atom is -0.310 e. The Hall–Kier alpha value is -5.86. The zero-order valence-corrected chi connectivity index (χ0v) is 32.7. The highest BCUT2D eigenvalue weighted by Crippen LogP contribution is 2.46. The van der Waals surface area contributed by atoms with Crippen LogP contribution in [0.3, 0.4) is 0 Å². The van der Waals surface area contributed by atoms with E-state index in [9.17, 15) is 0 Å². The van der Waals surface area contributed by atoms with Crippen molar-refractivity contribution < 1.29 is 0 Å². The van der Waals surface area contributed by atoms with E-state index in [1.165, 1.54) is 110 Å². The summed E-state index contributed by atoms with van der Waals surface area (Å²) in [5.41, 5.74) is 18.3. The summed E-state index contributed by atoms with van der Waals surface area (Å²) in [6, 6.07) is 50.8. The quantitative estimate of drug-likeness (QED) is 0.0951. The first-order chi connectivity index (χ1) is 26.1. The Morgan fingerprint density at radius 3 is 1.22 bits per heavy atom. The van der Waals surface area contributed by atoms with Crippen molar-refractivity contribution in [3.8, 4) is 0 Å². The Morgan fingerprint density at radius 1 is 0.352 bits per heavy atom. The molecular formula is C52H46BN. The first-order valence-corrected chi connectivity index (χ1v) is 19.3. The van der Waals surface area contributed by atoms with Crippen molar-refractivity contribution in [1.29, 1.82) is 0 Å². The Morgan fingerprint density at radius 2 is 0.741 bits per heavy atom. The molecule has 9 aromatic rings. The van der Waals surface area contributed by atoms with E-state index >= 15 is 0 Å². The van der Waals surface area contributed by atoms with Gasteiger partial charge in [-0.3, -0.25) is 0 Å². The summed E-state index contributed by atoms with van der Waals surface area (Å²) in [4.78, 5) is 2.42. The molecular weight excluding hydrogens is 649 g/mol. The standard InChI is InChI=1S/C52H46BN/c1-31-15-19-39(20-16-31)54(40-21-17-32(2)18-22-40)48-26-24-44-41-11-9-13-45-47(25-23-43(49(41)45)42-12-10-14-46(48)50(42)44)53(51-35(5)27-33(3)28-36(51)6)52-37(7)29-34(4)30-38(52)8/h9-30H,1-8H3. The summed E-state index contributed by atoms with van der Waals surface area (Å²) >= 11 is 0. The van der Waals surface area contributed by atoms with Crippen LogP contribution in [0.2, 0.25) is 0 Å². The highest BCUT2D eigenvalue weighted by molar-refractivity contribution is 6.98. The van der Waals surface area contributed by atoms with Crippen molar-refractivity contribution in [2.45, 2.75) is 55.4 Å². The largest absolute Gasteiger partial charge is 0.310 e. The van der Waals surface area contributed by atoms with Crippen molar-refractivity contribution in [3.05, 3.63) is 178 Å². The minimum absolute atomic E-state index is 0.104. The number of anilines is 3. The number of nitrogens with zero attached hydrogens (tertiary/aromatic N) is 1. The maximum Gasteiger partial charge on any atom is 0.243 e. The van der Waals surface area contributed by atoms with E-state index in [1.807, 2.05) is 0 Å². The van der Waals surface area contributed by atoms with Gasteiger partial charge in [-0.1, -0.05) is 164 Å². The van der Waals surface area contributed by atoms with Gasteiger partial charge in [-0.05, 0) is 123 Å². The molecule has 262 valence electrons. The van der Waals surface area contributed by atoms with Crippen LogP contribution in [0, 0.1) is 55.4 Å². The number of aryl methyl sites for hydroxylation is 8. The van der Waals surface area contributed by atoms with E-state index in [0.717, 1.165) is 11.4 Å². The summed E-state index contributed by atoms with van der Waals surface area (Å²) in [7, 11) is 0. The lowest BCUT2D eigenvalue weighted by Gasteiger charge is -2.28. The molecule has 0 atom stereocenters. The van der Waals surface area contributed by atoms with Gasteiger partial charge in [0.15, 0.2) is 0 Å². The zero-order valence-electron chi connectivity index (χ0n) is 32.7. The summed E-state index contributed by atoms with van der Waals surface area (Å²) in [5, 5.41) is 10.5. The highest BCUT2D eigenvalue weighted by Gasteiger charge is 2.31. The van der Waals surface area contributed by atoms with Gasteiger partial charge in [0.25, 0.3) is 0 Å². The lowest BCUT2D eigenvalue weighted by Crippen LogP contribution is -2.56. The lowest BCUT2D eigenvalue weighted by atomic mass is 9.33. The SMILES string of the molecule is Cc1ccc(N(c2ccc(C)cc2)c2ccc3c4cccc5c(B(c6c(C)cc(C)cc6C)c6c(C)cc(C)cc6C)ccc(c6cccc2c63)c54)cc1. The van der Waals surface area contributed by atoms with Crippen LogP contribution >= 0.6 is 0 Å². The number of hydrogen-bond donors (Lipinski definition) is 0. The van der Waals surface area contributed by atoms with E-state index in [4.69, 9.17) is 0 Å². The molecule has 0 radical (unpaired) electrons. The third-order valence-electron chi connectivity index (χ3n) is 11.9. The highest BCUT2D eigenvalue weighted by atomic mass is 15.1. The molecule has 0 N–H and O–H groups in total. The molecule has 9 rings (SSSR count). The van der Waals surface area contributed by atoms with Crippen LogP contribution in [0.1, 0.15) is 44.5 Å². The fourth-order valence-corrected chi connectivity index (χ4v) is 9.73. The molecule has 0 aliphatic heterocycles. The topological polar surface area (TPSA) is 3.24 Å². The van der Waals surface area contributed by atoms with Gasteiger partial charge >= 0.3 is 0 Å². The predicted molar refractivity (Wildman–Crippen MR) is 238 cm³/mol. The van der Waals surface area contributed by atoms with Gasteiger partial charge in [-0.2, -0.15) is 0 Å². The Kier molecular flexibility index (Phi) is 8.12. The molecule has 54 heavy (non-hydrogen) atoms. The number of benzene rings is 9. The van der Waals surface area contributed by atoms with Gasteiger partial charge < -0.3 is 4.90 Å². The molecule has 2 heteroatoms. The summed E-state index contributed by atoms with van der Waals surface area (Å²) in [5.74, 6) is 0. The molecule has 0 bridgehead atoms. The van der Waals surface area contributed by atoms with Crippen molar-refractivity contribution in [3.63, 3.8) is 0 Å². The third-order valence-corrected chi connectivity index (χ3v) is 11.9. The molecule has 0 heterocycles. The molecule has 0 amide bonds. The maximum atomic E-state index is 2.45. The number of fused-ring (bicyclic) bond motifs is 2. The number of hydrogen-bond acceptors (Lipinski definition) is 1. The second-order valence-corrected chi connectivity index (χ2v) is 15.9. The molecule has 9 aromatic carbocycles. The van der Waals surface area contributed by atoms with Crippen LogP contribution in [0.15, 0.2) is 133 Å². The van der Waals surface area contributed by atoms with Gasteiger partial charge in [0.05, 0.1) is 5.69 Å². The van der Waals surface area contributed by atoms with Gasteiger partial charge in [-0.15, -0.1) is 0 Å². The van der Waals surface area contributed by atoms with Crippen LogP contribution in [0.4, 0.5) is 17.1 Å². The van der Waals surface area contributed by atoms with E-state index in [1.54, 1.807) is 0 Å². The normalized spacial score (nSPS) is 11.7. The van der Waals surface area contributed by atoms with Crippen molar-refractivity contribution >= 4 is 83.3 Å². The molecule has 0 saturated heterocycles. The molecule has 0 saturated carbocycles. The Bertz CT molecular complexity index is 2730. The molecule has 0 spiro atoms. The van der Waals surface area contributed by atoms with Crippen LogP contribution in [0.25, 0.3) is 43.1 Å². The first kappa shape index (κ1) is 33.9. The van der Waals surface area contributed by atoms with E-state index in [-0.39, 0.29) is 6.71 Å². The maximum absolute atomic E-state index is 2.45. The molecule has 0 aliphatic rings. The zero-order chi connectivity index (χ0) is 37.4. The summed E-state index contributed by atoms with van der Waals surface area (Å²) in [6.45, 7) is 18.1. The van der Waals surface area contributed by atoms with Gasteiger partial charge in [0.1, 0.15) is 0 Å². The Balaban J connectivity index is 1.35. The molecule has 0 aromatic heterocycles. The first-order valence-electron chi connectivity index (χ1n) is 19.3. The predicted octanol–water partition coefficient (Wildman–Crippen LogP) is 12.2. The fraction of sp³-hybridized carbons (Fsp3) is 0.154. The average Bonchev–Trinajstić information content (AvgIpc) is 3.14. The summed E-state index contributed by atoms with van der Waals surface area (Å²) < 4.78 is 0. The van der Waals surface area contributed by atoms with Gasteiger partial charge in [0.2, 0.25) is 6.71 Å². The van der Waals surface area contributed by atoms with Gasteiger partial charge in [-0.25, -0.2) is 0 Å². The van der Waals surface area contributed by atoms with E-state index in [0.29, 0.717) is 0 Å². The molecule has 0 unspecified atom stereocenters. The second kappa shape index (κ2) is 12.9. The smallest absolute Gasteiger partial charge is 0.243 e. The average molecular weight is 696 g/mol. The minimum atomic E-state index is 0.104. The van der Waals surface area contributed by atoms with Crippen LogP contribution < -0.4 is 21.3 Å². The molecule has 0 aliphatic carbocycles. The van der Waals surface area contributed by atoms with Crippen molar-refractivity contribution in [1.82, 2.24) is 0 Å². The van der Waals surface area contributed by atoms with E-state index in [2.05, 4.69) is 194 Å².